The molecule has 0 heterocycles. The summed E-state index contributed by atoms with van der Waals surface area (Å²) in [6.07, 6.45) is -5.95. The van der Waals surface area contributed by atoms with E-state index in [9.17, 15) is 22.8 Å². The lowest BCUT2D eigenvalue weighted by molar-refractivity contribution is -0.161. The highest BCUT2D eigenvalue weighted by molar-refractivity contribution is 5.84. The number of hydrogen-bond acceptors (Lipinski definition) is 2. The molecule has 0 rings (SSSR count). The van der Waals surface area contributed by atoms with Gasteiger partial charge in [-0.25, -0.2) is 4.79 Å². The third kappa shape index (κ3) is 5.42. The zero-order chi connectivity index (χ0) is 12.9. The topological polar surface area (TPSA) is 69.6 Å². The van der Waals surface area contributed by atoms with Gasteiger partial charge in [-0.05, 0) is 13.8 Å². The quantitative estimate of drug-likeness (QED) is 0.774. The van der Waals surface area contributed by atoms with Gasteiger partial charge in [-0.2, -0.15) is 13.2 Å². The van der Waals surface area contributed by atoms with Crippen LogP contribution in [-0.2, 0) is 4.79 Å². The minimum Gasteiger partial charge on any atom is -0.465 e. The standard InChI is InChI=1S/C8H13F3N2O3/c1-3-13(4-8(9,10)11)6(14)5(2)12-7(15)16/h5,12H,3-4H2,1-2H3,(H,15,16). The molecule has 0 aromatic rings. The molecule has 94 valence electrons. The molecule has 0 saturated heterocycles. The van der Waals surface area contributed by atoms with Gasteiger partial charge in [0.15, 0.2) is 0 Å². The SMILES string of the molecule is CCN(CC(F)(F)F)C(=O)C(C)NC(=O)O. The van der Waals surface area contributed by atoms with E-state index in [0.717, 1.165) is 0 Å². The van der Waals surface area contributed by atoms with E-state index < -0.39 is 30.8 Å². The fourth-order valence-corrected chi connectivity index (χ4v) is 1.08. The molecule has 1 unspecified atom stereocenters. The van der Waals surface area contributed by atoms with Gasteiger partial charge in [0.1, 0.15) is 12.6 Å². The summed E-state index contributed by atoms with van der Waals surface area (Å²) in [5.41, 5.74) is 0. The second-order valence-electron chi connectivity index (χ2n) is 3.14. The fraction of sp³-hybridized carbons (Fsp3) is 0.750. The van der Waals surface area contributed by atoms with Crippen molar-refractivity contribution >= 4 is 12.0 Å². The van der Waals surface area contributed by atoms with Crippen molar-refractivity contribution in [2.24, 2.45) is 0 Å². The molecule has 1 atom stereocenters. The number of alkyl halides is 3. The van der Waals surface area contributed by atoms with Crippen LogP contribution in [0.4, 0.5) is 18.0 Å². The van der Waals surface area contributed by atoms with E-state index in [1.165, 1.54) is 13.8 Å². The van der Waals surface area contributed by atoms with E-state index in [1.807, 2.05) is 0 Å². The third-order valence-corrected chi connectivity index (χ3v) is 1.77. The maximum Gasteiger partial charge on any atom is 0.406 e. The predicted molar refractivity (Wildman–Crippen MR) is 48.9 cm³/mol. The minimum atomic E-state index is -4.49. The average molecular weight is 242 g/mol. The Morgan fingerprint density at radius 2 is 1.94 bits per heavy atom. The molecule has 0 saturated carbocycles. The Balaban J connectivity index is 4.47. The number of hydrogen-bond donors (Lipinski definition) is 2. The van der Waals surface area contributed by atoms with E-state index in [1.54, 1.807) is 5.32 Å². The average Bonchev–Trinajstić information content (AvgIpc) is 2.10. The maximum atomic E-state index is 12.0. The highest BCUT2D eigenvalue weighted by Gasteiger charge is 2.33. The van der Waals surface area contributed by atoms with Gasteiger partial charge in [-0.1, -0.05) is 0 Å². The molecule has 2 N–H and O–H groups in total. The number of rotatable bonds is 4. The van der Waals surface area contributed by atoms with Crippen LogP contribution in [0.5, 0.6) is 0 Å². The Morgan fingerprint density at radius 1 is 1.44 bits per heavy atom. The zero-order valence-electron chi connectivity index (χ0n) is 8.84. The fourth-order valence-electron chi connectivity index (χ4n) is 1.08. The lowest BCUT2D eigenvalue weighted by atomic mass is 10.3. The first kappa shape index (κ1) is 14.5. The first-order chi connectivity index (χ1) is 7.17. The summed E-state index contributed by atoms with van der Waals surface area (Å²) < 4.78 is 36.1. The van der Waals surface area contributed by atoms with Gasteiger partial charge < -0.3 is 15.3 Å². The van der Waals surface area contributed by atoms with Crippen LogP contribution in [0.15, 0.2) is 0 Å². The number of carbonyl (C=O) groups excluding carboxylic acids is 1. The van der Waals surface area contributed by atoms with Crippen molar-refractivity contribution < 1.29 is 27.9 Å². The smallest absolute Gasteiger partial charge is 0.406 e. The molecule has 2 amide bonds. The van der Waals surface area contributed by atoms with Crippen molar-refractivity contribution in [3.63, 3.8) is 0 Å². The number of nitrogens with one attached hydrogen (secondary N) is 1. The van der Waals surface area contributed by atoms with E-state index in [-0.39, 0.29) is 6.54 Å². The lowest BCUT2D eigenvalue weighted by Gasteiger charge is -2.25. The molecule has 8 heteroatoms. The summed E-state index contributed by atoms with van der Waals surface area (Å²) in [4.78, 5) is 22.1. The third-order valence-electron chi connectivity index (χ3n) is 1.77. The Kier molecular flexibility index (Phi) is 5.06. The Bertz CT molecular complexity index is 268. The van der Waals surface area contributed by atoms with Crippen molar-refractivity contribution in [1.82, 2.24) is 10.2 Å². The normalized spacial score (nSPS) is 13.1. The van der Waals surface area contributed by atoms with Crippen LogP contribution in [0.2, 0.25) is 0 Å². The van der Waals surface area contributed by atoms with Crippen LogP contribution in [0.3, 0.4) is 0 Å². The van der Waals surface area contributed by atoms with Crippen molar-refractivity contribution in [1.29, 1.82) is 0 Å². The molecular formula is C8H13F3N2O3. The molecule has 0 aliphatic rings. The molecule has 0 aliphatic carbocycles. The summed E-state index contributed by atoms with van der Waals surface area (Å²) in [5, 5.41) is 10.1. The molecule has 16 heavy (non-hydrogen) atoms. The molecule has 0 aliphatic heterocycles. The van der Waals surface area contributed by atoms with Gasteiger partial charge in [-0.3, -0.25) is 4.79 Å². The monoisotopic (exact) mass is 242 g/mol. The summed E-state index contributed by atoms with van der Waals surface area (Å²) in [5.74, 6) is -0.901. The van der Waals surface area contributed by atoms with Crippen molar-refractivity contribution in [2.75, 3.05) is 13.1 Å². The van der Waals surface area contributed by atoms with E-state index in [2.05, 4.69) is 0 Å². The number of likely N-dealkylation sites (N-methyl/N-ethyl adjacent to an activating group) is 1. The molecule has 0 aromatic carbocycles. The number of amides is 2. The van der Waals surface area contributed by atoms with Crippen LogP contribution < -0.4 is 5.32 Å². The van der Waals surface area contributed by atoms with Gasteiger partial charge in [0, 0.05) is 6.54 Å². The number of carbonyl (C=O) groups is 2. The number of halogens is 3. The van der Waals surface area contributed by atoms with Crippen molar-refractivity contribution in [3.8, 4) is 0 Å². The Labute approximate surface area is 90.2 Å². The number of carboxylic acid groups (broad SMARTS) is 1. The molecule has 0 aromatic heterocycles. The first-order valence-corrected chi connectivity index (χ1v) is 4.52. The van der Waals surface area contributed by atoms with E-state index >= 15 is 0 Å². The van der Waals surface area contributed by atoms with E-state index in [0.29, 0.717) is 4.90 Å². The molecule has 0 fully saturated rings. The Hall–Kier alpha value is -1.47. The molecule has 5 nitrogen and oxygen atoms in total. The maximum absolute atomic E-state index is 12.0. The second-order valence-corrected chi connectivity index (χ2v) is 3.14. The number of nitrogens with zero attached hydrogens (tertiary/aromatic N) is 1. The van der Waals surface area contributed by atoms with E-state index in [4.69, 9.17) is 5.11 Å². The van der Waals surface area contributed by atoms with Gasteiger partial charge >= 0.3 is 12.3 Å². The van der Waals surface area contributed by atoms with Gasteiger partial charge in [0.25, 0.3) is 0 Å². The largest absolute Gasteiger partial charge is 0.465 e. The van der Waals surface area contributed by atoms with Crippen LogP contribution in [0.1, 0.15) is 13.8 Å². The predicted octanol–water partition coefficient (Wildman–Crippen LogP) is 1.05. The zero-order valence-corrected chi connectivity index (χ0v) is 8.84. The first-order valence-electron chi connectivity index (χ1n) is 4.52. The minimum absolute atomic E-state index is 0.135. The van der Waals surface area contributed by atoms with Gasteiger partial charge in [0.2, 0.25) is 5.91 Å². The van der Waals surface area contributed by atoms with Crippen LogP contribution in [0, 0.1) is 0 Å². The van der Waals surface area contributed by atoms with Crippen molar-refractivity contribution in [2.45, 2.75) is 26.1 Å². The second kappa shape index (κ2) is 5.57. The molecule has 0 spiro atoms. The summed E-state index contributed by atoms with van der Waals surface area (Å²) in [6.45, 7) is 1.06. The summed E-state index contributed by atoms with van der Waals surface area (Å²) >= 11 is 0. The highest BCUT2D eigenvalue weighted by Crippen LogP contribution is 2.16. The van der Waals surface area contributed by atoms with Crippen LogP contribution >= 0.6 is 0 Å². The summed E-state index contributed by atoms with van der Waals surface area (Å²) in [6, 6.07) is -1.19. The van der Waals surface area contributed by atoms with Crippen molar-refractivity contribution in [3.05, 3.63) is 0 Å². The van der Waals surface area contributed by atoms with Crippen LogP contribution in [0.25, 0.3) is 0 Å². The summed E-state index contributed by atoms with van der Waals surface area (Å²) in [7, 11) is 0. The molecular weight excluding hydrogens is 229 g/mol. The molecule has 0 radical (unpaired) electrons. The highest BCUT2D eigenvalue weighted by atomic mass is 19.4. The molecule has 0 bridgehead atoms. The van der Waals surface area contributed by atoms with Crippen LogP contribution in [-0.4, -0.2) is 47.3 Å². The lowest BCUT2D eigenvalue weighted by Crippen LogP contribution is -2.49. The van der Waals surface area contributed by atoms with Gasteiger partial charge in [0.05, 0.1) is 0 Å². The Morgan fingerprint density at radius 3 is 2.25 bits per heavy atom. The van der Waals surface area contributed by atoms with Gasteiger partial charge in [-0.15, -0.1) is 0 Å².